The second-order valence-corrected chi connectivity index (χ2v) is 4.83. The predicted molar refractivity (Wildman–Crippen MR) is 76.2 cm³/mol. The lowest BCUT2D eigenvalue weighted by molar-refractivity contribution is 1.14. The Kier molecular flexibility index (Phi) is 4.03. The van der Waals surface area contributed by atoms with E-state index in [1.165, 1.54) is 16.7 Å². The van der Waals surface area contributed by atoms with Gasteiger partial charge in [-0.05, 0) is 28.7 Å². The minimum atomic E-state index is 0.531. The molecular weight excluding hydrogens is 244 g/mol. The van der Waals surface area contributed by atoms with Crippen LogP contribution in [0.1, 0.15) is 18.1 Å². The van der Waals surface area contributed by atoms with Crippen molar-refractivity contribution in [1.82, 2.24) is 0 Å². The molecule has 2 heteroatoms. The number of alkyl halides is 1. The van der Waals surface area contributed by atoms with Crippen molar-refractivity contribution in [2.45, 2.75) is 19.2 Å². The highest BCUT2D eigenvalue weighted by atomic mass is 35.5. The van der Waals surface area contributed by atoms with Crippen LogP contribution >= 0.6 is 11.6 Å². The Morgan fingerprint density at radius 3 is 2.35 bits per heavy atom. The monoisotopic (exact) mass is 257 g/mol. The molecule has 17 heavy (non-hydrogen) atoms. The average Bonchev–Trinajstić information content (AvgIpc) is 2.38. The molecule has 0 N–H and O–H groups in total. The lowest BCUT2D eigenvalue weighted by Gasteiger charge is -2.11. The van der Waals surface area contributed by atoms with Gasteiger partial charge in [0.25, 0.3) is 0 Å². The topological polar surface area (TPSA) is 0 Å². The summed E-state index contributed by atoms with van der Waals surface area (Å²) in [4.78, 5) is 0. The molecule has 0 heterocycles. The van der Waals surface area contributed by atoms with E-state index in [1.54, 1.807) is 0 Å². The number of benzene rings is 2. The van der Waals surface area contributed by atoms with Crippen LogP contribution in [0.4, 0.5) is 0 Å². The van der Waals surface area contributed by atoms with Crippen LogP contribution in [-0.2, 0) is 12.3 Å². The van der Waals surface area contributed by atoms with E-state index >= 15 is 0 Å². The minimum absolute atomic E-state index is 0.531. The number of aryl methyl sites for hydroxylation is 1. The number of halogens is 1. The van der Waals surface area contributed by atoms with Gasteiger partial charge in [0.05, 0.1) is 10.2 Å². The van der Waals surface area contributed by atoms with E-state index < -0.39 is 0 Å². The van der Waals surface area contributed by atoms with Crippen LogP contribution in [0, 0.1) is 0 Å². The number of hydrogen-bond acceptors (Lipinski definition) is 0. The molecule has 2 aromatic rings. The van der Waals surface area contributed by atoms with Crippen LogP contribution in [0.2, 0.25) is 0 Å². The first-order valence-electron chi connectivity index (χ1n) is 5.75. The van der Waals surface area contributed by atoms with Crippen molar-refractivity contribution >= 4 is 27.0 Å². The molecule has 0 aliphatic heterocycles. The highest BCUT2D eigenvalue weighted by molar-refractivity contribution is 6.36. The lowest BCUT2D eigenvalue weighted by Crippen LogP contribution is -2.08. The Labute approximate surface area is 111 Å². The average molecular weight is 258 g/mol. The van der Waals surface area contributed by atoms with Gasteiger partial charge in [-0.15, -0.1) is 11.6 Å². The van der Waals surface area contributed by atoms with Crippen molar-refractivity contribution in [1.29, 1.82) is 0 Å². The summed E-state index contributed by atoms with van der Waals surface area (Å²) < 4.78 is 0. The summed E-state index contributed by atoms with van der Waals surface area (Å²) in [6, 6.07) is 14.8. The van der Waals surface area contributed by atoms with E-state index in [0.29, 0.717) is 5.88 Å². The molecule has 0 unspecified atom stereocenters. The van der Waals surface area contributed by atoms with Gasteiger partial charge >= 0.3 is 0 Å². The van der Waals surface area contributed by atoms with Crippen molar-refractivity contribution < 1.29 is 0 Å². The molecule has 2 aromatic carbocycles. The molecule has 0 bridgehead atoms. The first-order valence-corrected chi connectivity index (χ1v) is 6.78. The number of hydrogen-bond donors (Lipinski definition) is 0. The molecule has 2 rings (SSSR count). The van der Waals surface area contributed by atoms with Crippen LogP contribution in [-0.4, -0.2) is 10.2 Å². The van der Waals surface area contributed by atoms with Gasteiger partial charge in [0.15, 0.2) is 0 Å². The Balaban J connectivity index is 2.51. The zero-order valence-electron chi connectivity index (χ0n) is 9.83. The van der Waals surface area contributed by atoms with Crippen molar-refractivity contribution in [2.75, 3.05) is 0 Å². The summed E-state index contributed by atoms with van der Waals surface area (Å²) >= 11 is 5.99. The molecule has 0 aliphatic rings. The van der Waals surface area contributed by atoms with E-state index in [-0.39, 0.29) is 0 Å². The van der Waals surface area contributed by atoms with Gasteiger partial charge in [0.1, 0.15) is 0 Å². The highest BCUT2D eigenvalue weighted by Gasteiger charge is 2.06. The largest absolute Gasteiger partial charge is 0.122 e. The van der Waals surface area contributed by atoms with Crippen LogP contribution in [0.5, 0.6) is 0 Å². The maximum absolute atomic E-state index is 5.99. The molecule has 0 aliphatic carbocycles. The van der Waals surface area contributed by atoms with Crippen LogP contribution in [0.25, 0.3) is 11.1 Å². The van der Waals surface area contributed by atoms with E-state index in [9.17, 15) is 0 Å². The SMILES string of the molecule is CCc1ccc(-c2c([Si])cccc2CCl)cc1. The van der Waals surface area contributed by atoms with Gasteiger partial charge in [0.2, 0.25) is 0 Å². The van der Waals surface area contributed by atoms with Crippen LogP contribution < -0.4 is 5.19 Å². The molecule has 0 nitrogen and oxygen atoms in total. The third-order valence-corrected chi connectivity index (χ3v) is 3.65. The standard InChI is InChI=1S/C15H14ClSi/c1-2-11-6-8-12(9-7-11)15-13(10-16)4-3-5-14(15)17/h3-9H,2,10H2,1H3. The Morgan fingerprint density at radius 1 is 1.06 bits per heavy atom. The summed E-state index contributed by atoms with van der Waals surface area (Å²) in [5.41, 5.74) is 4.92. The van der Waals surface area contributed by atoms with Gasteiger partial charge in [-0.1, -0.05) is 54.6 Å². The van der Waals surface area contributed by atoms with Gasteiger partial charge in [-0.3, -0.25) is 0 Å². The third kappa shape index (κ3) is 2.62. The van der Waals surface area contributed by atoms with Gasteiger partial charge in [-0.2, -0.15) is 0 Å². The smallest absolute Gasteiger partial charge is 0.0720 e. The van der Waals surface area contributed by atoms with Crippen molar-refractivity contribution in [3.8, 4) is 11.1 Å². The van der Waals surface area contributed by atoms with E-state index in [0.717, 1.165) is 17.2 Å². The van der Waals surface area contributed by atoms with Crippen molar-refractivity contribution in [3.05, 3.63) is 53.6 Å². The second-order valence-electron chi connectivity index (χ2n) is 4.02. The first kappa shape index (κ1) is 12.4. The number of rotatable bonds is 3. The lowest BCUT2D eigenvalue weighted by atomic mass is 9.99. The summed E-state index contributed by atoms with van der Waals surface area (Å²) in [6.45, 7) is 2.16. The van der Waals surface area contributed by atoms with E-state index in [1.807, 2.05) is 6.07 Å². The zero-order chi connectivity index (χ0) is 12.3. The maximum Gasteiger partial charge on any atom is 0.0720 e. The quantitative estimate of drug-likeness (QED) is 0.584. The molecule has 3 radical (unpaired) electrons. The molecule has 85 valence electrons. The molecule has 0 saturated heterocycles. The van der Waals surface area contributed by atoms with Gasteiger partial charge in [-0.25, -0.2) is 0 Å². The van der Waals surface area contributed by atoms with Crippen molar-refractivity contribution in [2.24, 2.45) is 0 Å². The molecule has 0 aromatic heterocycles. The van der Waals surface area contributed by atoms with Crippen molar-refractivity contribution in [3.63, 3.8) is 0 Å². The van der Waals surface area contributed by atoms with Gasteiger partial charge < -0.3 is 0 Å². The molecule has 0 spiro atoms. The summed E-state index contributed by atoms with van der Waals surface area (Å²) in [7, 11) is 3.66. The minimum Gasteiger partial charge on any atom is -0.122 e. The molecule has 0 fully saturated rings. The van der Waals surface area contributed by atoms with Gasteiger partial charge in [0, 0.05) is 5.88 Å². The fourth-order valence-corrected chi connectivity index (χ4v) is 2.58. The molecule has 0 saturated carbocycles. The Bertz CT molecular complexity index is 503. The Morgan fingerprint density at radius 2 is 1.76 bits per heavy atom. The summed E-state index contributed by atoms with van der Waals surface area (Å²) in [5, 5.41) is 1.09. The van der Waals surface area contributed by atoms with E-state index in [2.05, 4.69) is 53.6 Å². The fraction of sp³-hybridized carbons (Fsp3) is 0.200. The normalized spacial score (nSPS) is 10.5. The third-order valence-electron chi connectivity index (χ3n) is 2.95. The predicted octanol–water partition coefficient (Wildman–Crippen LogP) is 3.45. The summed E-state index contributed by atoms with van der Waals surface area (Å²) in [5.74, 6) is 0.531. The molecular formula is C15H14ClSi. The maximum atomic E-state index is 5.99. The van der Waals surface area contributed by atoms with E-state index in [4.69, 9.17) is 11.6 Å². The first-order chi connectivity index (χ1) is 8.26. The van der Waals surface area contributed by atoms with Crippen LogP contribution in [0.15, 0.2) is 42.5 Å². The Hall–Kier alpha value is -1.05. The fourth-order valence-electron chi connectivity index (χ4n) is 1.96. The van der Waals surface area contributed by atoms with Crippen LogP contribution in [0.3, 0.4) is 0 Å². The summed E-state index contributed by atoms with van der Waals surface area (Å²) in [6.07, 6.45) is 1.07. The molecule has 0 amide bonds. The zero-order valence-corrected chi connectivity index (χ0v) is 11.6. The molecule has 0 atom stereocenters. The second kappa shape index (κ2) is 5.52. The highest BCUT2D eigenvalue weighted by Crippen LogP contribution is 2.23.